The molecule has 0 unspecified atom stereocenters. The van der Waals surface area contributed by atoms with Crippen molar-refractivity contribution in [2.45, 2.75) is 0 Å². The van der Waals surface area contributed by atoms with Gasteiger partial charge in [0.1, 0.15) is 0 Å². The molecule has 46 heavy (non-hydrogen) atoms. The Balaban J connectivity index is 1.28. The van der Waals surface area contributed by atoms with Crippen LogP contribution in [0.5, 0.6) is 0 Å². The fraction of sp³-hybridized carbons (Fsp3) is 0. The zero-order valence-corrected chi connectivity index (χ0v) is 25.3. The molecule has 0 saturated heterocycles. The van der Waals surface area contributed by atoms with Crippen LogP contribution < -0.4 is 0 Å². The van der Waals surface area contributed by atoms with Crippen LogP contribution in [0.3, 0.4) is 0 Å². The van der Waals surface area contributed by atoms with Gasteiger partial charge in [0, 0.05) is 0 Å². The van der Waals surface area contributed by atoms with E-state index in [2.05, 4.69) is 182 Å². The van der Waals surface area contributed by atoms with Gasteiger partial charge in [-0.2, -0.15) is 0 Å². The van der Waals surface area contributed by atoms with Gasteiger partial charge in [0.2, 0.25) is 0 Å². The van der Waals surface area contributed by atoms with Crippen LogP contribution in [0.1, 0.15) is 33.4 Å². The molecular weight excluding hydrogens is 553 g/mol. The van der Waals surface area contributed by atoms with Crippen LogP contribution in [0.25, 0.3) is 67.8 Å². The average molecular weight is 583 g/mol. The van der Waals surface area contributed by atoms with Gasteiger partial charge in [0.15, 0.2) is 0 Å². The van der Waals surface area contributed by atoms with E-state index in [1.54, 1.807) is 0 Å². The monoisotopic (exact) mass is 582 g/mol. The van der Waals surface area contributed by atoms with E-state index in [0.717, 1.165) is 0 Å². The van der Waals surface area contributed by atoms with Gasteiger partial charge in [-0.3, -0.25) is 0 Å². The van der Waals surface area contributed by atoms with Crippen molar-refractivity contribution >= 4 is 23.3 Å². The van der Waals surface area contributed by atoms with Crippen molar-refractivity contribution in [3.05, 3.63) is 203 Å². The Labute approximate surface area is 270 Å². The lowest BCUT2D eigenvalue weighted by Crippen LogP contribution is -1.87. The van der Waals surface area contributed by atoms with Crippen molar-refractivity contribution in [1.29, 1.82) is 0 Å². The molecule has 214 valence electrons. The van der Waals surface area contributed by atoms with Crippen LogP contribution in [0.4, 0.5) is 0 Å². The maximum absolute atomic E-state index is 2.45. The maximum atomic E-state index is 2.45. The molecule has 0 spiro atoms. The first-order valence-corrected chi connectivity index (χ1v) is 15.9. The second-order valence-corrected chi connectivity index (χ2v) is 12.1. The van der Waals surface area contributed by atoms with E-state index in [1.807, 2.05) is 0 Å². The Morgan fingerprint density at radius 1 is 0.239 bits per heavy atom. The Morgan fingerprint density at radius 3 is 0.978 bits per heavy atom. The molecule has 0 fully saturated rings. The SMILES string of the molecule is C(=C1/c2cc(-c3ccccc3)ccc2-c2cc3c(cc21)-c1ccc(-c2ccccc2)cc1/C3=C\c1ccccc1)/c1ccccc1. The van der Waals surface area contributed by atoms with Crippen LogP contribution in [0.15, 0.2) is 170 Å². The Morgan fingerprint density at radius 2 is 0.587 bits per heavy atom. The van der Waals surface area contributed by atoms with Crippen molar-refractivity contribution < 1.29 is 0 Å². The number of benzene rings is 7. The van der Waals surface area contributed by atoms with Crippen molar-refractivity contribution in [2.24, 2.45) is 0 Å². The summed E-state index contributed by atoms with van der Waals surface area (Å²) in [5.41, 5.74) is 20.3. The highest BCUT2D eigenvalue weighted by atomic mass is 14.3. The Kier molecular flexibility index (Phi) is 6.25. The number of fused-ring (bicyclic) bond motifs is 6. The first-order chi connectivity index (χ1) is 22.8. The zero-order valence-electron chi connectivity index (χ0n) is 25.3. The second-order valence-electron chi connectivity index (χ2n) is 12.1. The largest absolute Gasteiger partial charge is 0.0622 e. The fourth-order valence-corrected chi connectivity index (χ4v) is 7.15. The summed E-state index contributed by atoms with van der Waals surface area (Å²) in [5.74, 6) is 0. The summed E-state index contributed by atoms with van der Waals surface area (Å²) in [4.78, 5) is 0. The summed E-state index contributed by atoms with van der Waals surface area (Å²) in [5, 5.41) is 0. The molecule has 2 aliphatic carbocycles. The van der Waals surface area contributed by atoms with Gasteiger partial charge < -0.3 is 0 Å². The smallest absolute Gasteiger partial charge is 0.00921 e. The molecule has 9 rings (SSSR count). The molecule has 2 aliphatic rings. The van der Waals surface area contributed by atoms with E-state index in [4.69, 9.17) is 0 Å². The molecule has 0 saturated carbocycles. The third kappa shape index (κ3) is 4.47. The van der Waals surface area contributed by atoms with Crippen molar-refractivity contribution in [3.63, 3.8) is 0 Å². The summed E-state index contributed by atoms with van der Waals surface area (Å²) in [7, 11) is 0. The molecule has 0 radical (unpaired) electrons. The third-order valence-corrected chi connectivity index (χ3v) is 9.37. The van der Waals surface area contributed by atoms with Gasteiger partial charge in [-0.15, -0.1) is 0 Å². The molecule has 0 aromatic heterocycles. The van der Waals surface area contributed by atoms with Gasteiger partial charge in [-0.05, 0) is 125 Å². The van der Waals surface area contributed by atoms with E-state index in [9.17, 15) is 0 Å². The van der Waals surface area contributed by atoms with Crippen molar-refractivity contribution in [2.75, 3.05) is 0 Å². The summed E-state index contributed by atoms with van der Waals surface area (Å²) >= 11 is 0. The Hall–Kier alpha value is -5.98. The first kappa shape index (κ1) is 26.4. The van der Waals surface area contributed by atoms with Gasteiger partial charge >= 0.3 is 0 Å². The topological polar surface area (TPSA) is 0 Å². The lowest BCUT2D eigenvalue weighted by Gasteiger charge is -2.09. The van der Waals surface area contributed by atoms with Crippen LogP contribution in [0.2, 0.25) is 0 Å². The van der Waals surface area contributed by atoms with Gasteiger partial charge in [0.05, 0.1) is 0 Å². The van der Waals surface area contributed by atoms with Crippen LogP contribution in [0, 0.1) is 0 Å². The minimum Gasteiger partial charge on any atom is -0.0622 e. The van der Waals surface area contributed by atoms with Crippen LogP contribution >= 0.6 is 0 Å². The molecule has 0 amide bonds. The molecule has 0 heteroatoms. The average Bonchev–Trinajstić information content (AvgIpc) is 3.59. The van der Waals surface area contributed by atoms with Crippen LogP contribution in [-0.4, -0.2) is 0 Å². The van der Waals surface area contributed by atoms with Crippen LogP contribution in [-0.2, 0) is 0 Å². The quantitative estimate of drug-likeness (QED) is 0.194. The summed E-state index contributed by atoms with van der Waals surface area (Å²) in [6.45, 7) is 0. The zero-order chi connectivity index (χ0) is 30.5. The van der Waals surface area contributed by atoms with E-state index in [1.165, 1.54) is 89.0 Å². The second kappa shape index (κ2) is 10.9. The number of hydrogen-bond acceptors (Lipinski definition) is 0. The summed E-state index contributed by atoms with van der Waals surface area (Å²) in [6.07, 6.45) is 4.72. The molecule has 0 bridgehead atoms. The molecule has 0 heterocycles. The standard InChI is InChI=1S/C46H30/c1-5-13-31(14-6-1)25-39-41-27-35(33-17-9-3-10-18-33)21-23-37(41)43-30-46-40(26-32-15-7-2-8-16-32)42-28-36(34-19-11-4-12-20-34)22-24-38(42)44(46)29-45(39)43/h1-30H/b39-25+,40-26+. The molecule has 7 aromatic carbocycles. The van der Waals surface area contributed by atoms with Gasteiger partial charge in [0.25, 0.3) is 0 Å². The minimum absolute atomic E-state index is 1.21. The minimum atomic E-state index is 1.21. The summed E-state index contributed by atoms with van der Waals surface area (Å²) < 4.78 is 0. The molecule has 0 aliphatic heterocycles. The van der Waals surface area contributed by atoms with Gasteiger partial charge in [-0.25, -0.2) is 0 Å². The lowest BCUT2D eigenvalue weighted by molar-refractivity contribution is 1.59. The Bertz CT molecular complexity index is 2140. The van der Waals surface area contributed by atoms with E-state index < -0.39 is 0 Å². The van der Waals surface area contributed by atoms with E-state index in [0.29, 0.717) is 0 Å². The summed E-state index contributed by atoms with van der Waals surface area (Å²) in [6, 6.07) is 61.7. The maximum Gasteiger partial charge on any atom is -0.00921 e. The third-order valence-electron chi connectivity index (χ3n) is 9.37. The first-order valence-electron chi connectivity index (χ1n) is 15.9. The predicted octanol–water partition coefficient (Wildman–Crippen LogP) is 12.2. The lowest BCUT2D eigenvalue weighted by atomic mass is 9.94. The molecular formula is C46H30. The normalized spacial score (nSPS) is 14.2. The predicted molar refractivity (Wildman–Crippen MR) is 195 cm³/mol. The van der Waals surface area contributed by atoms with Crippen molar-refractivity contribution in [1.82, 2.24) is 0 Å². The number of rotatable bonds is 4. The molecule has 0 nitrogen and oxygen atoms in total. The highest BCUT2D eigenvalue weighted by Gasteiger charge is 2.31. The van der Waals surface area contributed by atoms with E-state index in [-0.39, 0.29) is 0 Å². The van der Waals surface area contributed by atoms with Gasteiger partial charge in [-0.1, -0.05) is 146 Å². The number of hydrogen-bond donors (Lipinski definition) is 0. The van der Waals surface area contributed by atoms with Crippen molar-refractivity contribution in [3.8, 4) is 44.5 Å². The van der Waals surface area contributed by atoms with E-state index >= 15 is 0 Å². The molecule has 7 aromatic rings. The highest BCUT2D eigenvalue weighted by Crippen LogP contribution is 2.53. The molecule has 0 N–H and O–H groups in total. The molecule has 0 atom stereocenters. The fourth-order valence-electron chi connectivity index (χ4n) is 7.15. The highest BCUT2D eigenvalue weighted by molar-refractivity contribution is 6.13.